The second kappa shape index (κ2) is 5.57. The SMILES string of the molecule is NCC#Cc1cc(NS(=O)(=O)NC2CC2)ccc1F. The summed E-state index contributed by atoms with van der Waals surface area (Å²) in [6, 6.07) is 3.85. The van der Waals surface area contributed by atoms with Crippen LogP contribution in [0.2, 0.25) is 0 Å². The fourth-order valence-electron chi connectivity index (χ4n) is 1.44. The van der Waals surface area contributed by atoms with Gasteiger partial charge in [0, 0.05) is 6.04 Å². The number of halogens is 1. The van der Waals surface area contributed by atoms with E-state index in [2.05, 4.69) is 21.3 Å². The molecule has 1 aromatic carbocycles. The Hall–Kier alpha value is -1.62. The Kier molecular flexibility index (Phi) is 4.04. The molecule has 1 aliphatic rings. The number of benzene rings is 1. The van der Waals surface area contributed by atoms with Crippen LogP contribution < -0.4 is 15.2 Å². The molecule has 0 unspecified atom stereocenters. The van der Waals surface area contributed by atoms with E-state index in [4.69, 9.17) is 5.73 Å². The molecule has 1 fully saturated rings. The largest absolute Gasteiger partial charge is 0.320 e. The van der Waals surface area contributed by atoms with Gasteiger partial charge in [-0.15, -0.1) is 0 Å². The molecule has 2 rings (SSSR count). The summed E-state index contributed by atoms with van der Waals surface area (Å²) in [5, 5.41) is 0. The first-order valence-corrected chi connectivity index (χ1v) is 7.27. The van der Waals surface area contributed by atoms with E-state index in [1.165, 1.54) is 12.1 Å². The molecule has 7 heteroatoms. The van der Waals surface area contributed by atoms with Crippen molar-refractivity contribution < 1.29 is 12.8 Å². The van der Waals surface area contributed by atoms with Gasteiger partial charge in [-0.2, -0.15) is 13.1 Å². The standard InChI is InChI=1S/C12H14FN3O2S/c13-12-6-5-11(8-9(12)2-1-7-14)16-19(17,18)15-10-3-4-10/h5-6,8,10,15-16H,3-4,7,14H2. The Morgan fingerprint density at radius 2 is 2.16 bits per heavy atom. The summed E-state index contributed by atoms with van der Waals surface area (Å²) in [5.41, 5.74) is 5.58. The van der Waals surface area contributed by atoms with Gasteiger partial charge in [0.1, 0.15) is 5.82 Å². The van der Waals surface area contributed by atoms with Crippen LogP contribution in [0.4, 0.5) is 10.1 Å². The predicted molar refractivity (Wildman–Crippen MR) is 71.0 cm³/mol. The van der Waals surface area contributed by atoms with Crippen molar-refractivity contribution in [1.29, 1.82) is 0 Å². The third-order valence-electron chi connectivity index (χ3n) is 2.44. The highest BCUT2D eigenvalue weighted by atomic mass is 32.2. The molecule has 0 atom stereocenters. The van der Waals surface area contributed by atoms with Crippen LogP contribution in [0.5, 0.6) is 0 Å². The van der Waals surface area contributed by atoms with Crippen molar-refractivity contribution in [1.82, 2.24) is 4.72 Å². The van der Waals surface area contributed by atoms with Crippen molar-refractivity contribution in [2.75, 3.05) is 11.3 Å². The lowest BCUT2D eigenvalue weighted by Gasteiger charge is -2.09. The highest BCUT2D eigenvalue weighted by Gasteiger charge is 2.26. The van der Waals surface area contributed by atoms with Crippen molar-refractivity contribution >= 4 is 15.9 Å². The molecule has 0 spiro atoms. The molecule has 0 bridgehead atoms. The maximum Gasteiger partial charge on any atom is 0.299 e. The molecular formula is C12H14FN3O2S. The minimum absolute atomic E-state index is 0.00875. The summed E-state index contributed by atoms with van der Waals surface area (Å²) in [7, 11) is -3.62. The van der Waals surface area contributed by atoms with E-state index in [0.717, 1.165) is 18.9 Å². The number of anilines is 1. The van der Waals surface area contributed by atoms with Gasteiger partial charge in [0.2, 0.25) is 0 Å². The van der Waals surface area contributed by atoms with Gasteiger partial charge >= 0.3 is 0 Å². The molecule has 5 nitrogen and oxygen atoms in total. The van der Waals surface area contributed by atoms with E-state index in [1.54, 1.807) is 0 Å². The lowest BCUT2D eigenvalue weighted by atomic mass is 10.2. The van der Waals surface area contributed by atoms with Crippen LogP contribution in [0.25, 0.3) is 0 Å². The van der Waals surface area contributed by atoms with E-state index in [1.807, 2.05) is 0 Å². The molecule has 1 aromatic rings. The van der Waals surface area contributed by atoms with Gasteiger partial charge in [-0.25, -0.2) is 4.39 Å². The number of hydrogen-bond acceptors (Lipinski definition) is 3. The summed E-state index contributed by atoms with van der Waals surface area (Å²) in [6.07, 6.45) is 1.69. The third-order valence-corrected chi connectivity index (χ3v) is 3.59. The second-order valence-corrected chi connectivity index (χ2v) is 5.64. The van der Waals surface area contributed by atoms with E-state index in [9.17, 15) is 12.8 Å². The fourth-order valence-corrected chi connectivity index (χ4v) is 2.61. The zero-order valence-corrected chi connectivity index (χ0v) is 10.9. The number of rotatable bonds is 4. The second-order valence-electron chi connectivity index (χ2n) is 4.20. The lowest BCUT2D eigenvalue weighted by Crippen LogP contribution is -2.31. The van der Waals surface area contributed by atoms with Gasteiger partial charge in [-0.3, -0.25) is 4.72 Å². The van der Waals surface area contributed by atoms with Gasteiger partial charge in [0.05, 0.1) is 17.8 Å². The van der Waals surface area contributed by atoms with Gasteiger partial charge in [-0.1, -0.05) is 11.8 Å². The number of hydrogen-bond donors (Lipinski definition) is 3. The molecule has 0 amide bonds. The molecule has 0 aromatic heterocycles. The Morgan fingerprint density at radius 3 is 2.79 bits per heavy atom. The Morgan fingerprint density at radius 1 is 1.42 bits per heavy atom. The van der Waals surface area contributed by atoms with Crippen LogP contribution in [0, 0.1) is 17.7 Å². The van der Waals surface area contributed by atoms with Crippen LogP contribution in [0.15, 0.2) is 18.2 Å². The molecular weight excluding hydrogens is 269 g/mol. The minimum atomic E-state index is -3.62. The van der Waals surface area contributed by atoms with Crippen LogP contribution in [0.3, 0.4) is 0 Å². The van der Waals surface area contributed by atoms with Gasteiger partial charge in [-0.05, 0) is 31.0 Å². The first kappa shape index (κ1) is 13.8. The smallest absolute Gasteiger partial charge is 0.299 e. The average molecular weight is 283 g/mol. The van der Waals surface area contributed by atoms with Crippen molar-refractivity contribution in [3.63, 3.8) is 0 Å². The molecule has 4 N–H and O–H groups in total. The topological polar surface area (TPSA) is 84.2 Å². The molecule has 19 heavy (non-hydrogen) atoms. The highest BCUT2D eigenvalue weighted by molar-refractivity contribution is 7.90. The summed E-state index contributed by atoms with van der Waals surface area (Å²) in [5.74, 6) is 4.55. The first-order chi connectivity index (χ1) is 9.00. The van der Waals surface area contributed by atoms with Gasteiger partial charge < -0.3 is 5.73 Å². The summed E-state index contributed by atoms with van der Waals surface area (Å²) >= 11 is 0. The first-order valence-electron chi connectivity index (χ1n) is 5.79. The maximum absolute atomic E-state index is 13.4. The maximum atomic E-state index is 13.4. The van der Waals surface area contributed by atoms with Gasteiger partial charge in [0.25, 0.3) is 10.2 Å². The Balaban J connectivity index is 2.16. The van der Waals surface area contributed by atoms with Crippen LogP contribution >= 0.6 is 0 Å². The molecule has 0 radical (unpaired) electrons. The van der Waals surface area contributed by atoms with Crippen molar-refractivity contribution in [2.45, 2.75) is 18.9 Å². The van der Waals surface area contributed by atoms with Crippen LogP contribution in [0.1, 0.15) is 18.4 Å². The molecule has 0 saturated heterocycles. The zero-order chi connectivity index (χ0) is 13.9. The normalized spacial score (nSPS) is 14.6. The van der Waals surface area contributed by atoms with Crippen molar-refractivity contribution in [3.8, 4) is 11.8 Å². The number of nitrogens with one attached hydrogen (secondary N) is 2. The summed E-state index contributed by atoms with van der Waals surface area (Å²) < 4.78 is 41.6. The monoisotopic (exact) mass is 283 g/mol. The van der Waals surface area contributed by atoms with Crippen LogP contribution in [-0.2, 0) is 10.2 Å². The molecule has 0 aliphatic heterocycles. The molecule has 102 valence electrons. The van der Waals surface area contributed by atoms with Crippen molar-refractivity contribution in [2.24, 2.45) is 5.73 Å². The highest BCUT2D eigenvalue weighted by Crippen LogP contribution is 2.21. The summed E-state index contributed by atoms with van der Waals surface area (Å²) in [6.45, 7) is 0.110. The quantitative estimate of drug-likeness (QED) is 0.705. The van der Waals surface area contributed by atoms with E-state index in [-0.39, 0.29) is 23.8 Å². The van der Waals surface area contributed by atoms with E-state index >= 15 is 0 Å². The average Bonchev–Trinajstić information content (AvgIpc) is 3.12. The van der Waals surface area contributed by atoms with E-state index < -0.39 is 16.0 Å². The molecule has 0 heterocycles. The lowest BCUT2D eigenvalue weighted by molar-refractivity contribution is 0.586. The van der Waals surface area contributed by atoms with Gasteiger partial charge in [0.15, 0.2) is 0 Å². The Labute approximate surface area is 111 Å². The Bertz CT molecular complexity index is 630. The predicted octanol–water partition coefficient (Wildman–Crippen LogP) is 0.545. The molecule has 1 aliphatic carbocycles. The number of nitrogens with two attached hydrogens (primary N) is 1. The van der Waals surface area contributed by atoms with Crippen LogP contribution in [-0.4, -0.2) is 21.0 Å². The molecule has 1 saturated carbocycles. The fraction of sp³-hybridized carbons (Fsp3) is 0.333. The van der Waals surface area contributed by atoms with E-state index in [0.29, 0.717) is 0 Å². The van der Waals surface area contributed by atoms with Crippen molar-refractivity contribution in [3.05, 3.63) is 29.6 Å². The summed E-state index contributed by atoms with van der Waals surface area (Å²) in [4.78, 5) is 0. The minimum Gasteiger partial charge on any atom is -0.320 e. The third kappa shape index (κ3) is 4.21. The zero-order valence-electron chi connectivity index (χ0n) is 10.1.